The van der Waals surface area contributed by atoms with Gasteiger partial charge in [0.05, 0.1) is 7.11 Å². The van der Waals surface area contributed by atoms with Crippen LogP contribution in [0.4, 0.5) is 0 Å². The Bertz CT molecular complexity index is 220. The first-order chi connectivity index (χ1) is 7.31. The molecule has 0 amide bonds. The molecule has 1 aliphatic heterocycles. The molecule has 2 atom stereocenters. The summed E-state index contributed by atoms with van der Waals surface area (Å²) in [4.78, 5) is 11.4. The zero-order chi connectivity index (χ0) is 10.7. The Morgan fingerprint density at radius 3 is 2.73 bits per heavy atom. The lowest BCUT2D eigenvalue weighted by Crippen LogP contribution is -2.35. The third-order valence-electron chi connectivity index (χ3n) is 3.80. The van der Waals surface area contributed by atoms with Crippen LogP contribution in [0.5, 0.6) is 0 Å². The van der Waals surface area contributed by atoms with Gasteiger partial charge in [0.15, 0.2) is 0 Å². The summed E-state index contributed by atoms with van der Waals surface area (Å²) in [5.41, 5.74) is 0. The van der Waals surface area contributed by atoms with Crippen molar-refractivity contribution < 1.29 is 9.53 Å². The smallest absolute Gasteiger partial charge is 0.305 e. The second kappa shape index (κ2) is 4.97. The Morgan fingerprint density at radius 1 is 1.40 bits per heavy atom. The first kappa shape index (κ1) is 10.9. The summed E-state index contributed by atoms with van der Waals surface area (Å²) in [6.07, 6.45) is 5.81. The lowest BCUT2D eigenvalue weighted by molar-refractivity contribution is -0.142. The van der Waals surface area contributed by atoms with E-state index in [9.17, 15) is 4.79 Å². The van der Waals surface area contributed by atoms with Gasteiger partial charge in [0, 0.05) is 6.42 Å². The predicted octanol–water partition coefficient (Wildman–Crippen LogP) is 1.58. The number of hydrogen-bond acceptors (Lipinski definition) is 3. The van der Waals surface area contributed by atoms with Gasteiger partial charge in [-0.1, -0.05) is 0 Å². The van der Waals surface area contributed by atoms with E-state index >= 15 is 0 Å². The molecule has 0 aromatic carbocycles. The highest BCUT2D eigenvalue weighted by Crippen LogP contribution is 2.44. The molecule has 0 bridgehead atoms. The van der Waals surface area contributed by atoms with E-state index in [1.165, 1.54) is 32.8 Å². The van der Waals surface area contributed by atoms with Crippen molar-refractivity contribution in [2.75, 3.05) is 20.2 Å². The van der Waals surface area contributed by atoms with Crippen LogP contribution < -0.4 is 5.32 Å². The Morgan fingerprint density at radius 2 is 2.20 bits per heavy atom. The molecular weight excluding hydrogens is 190 g/mol. The molecule has 86 valence electrons. The number of esters is 1. The van der Waals surface area contributed by atoms with Crippen molar-refractivity contribution in [3.63, 3.8) is 0 Å². The third kappa shape index (κ3) is 2.94. The Balaban J connectivity index is 1.89. The van der Waals surface area contributed by atoms with Gasteiger partial charge in [0.1, 0.15) is 0 Å². The zero-order valence-corrected chi connectivity index (χ0v) is 9.50. The van der Waals surface area contributed by atoms with Crippen molar-refractivity contribution >= 4 is 5.97 Å². The fourth-order valence-corrected chi connectivity index (χ4v) is 2.76. The fraction of sp³-hybridized carbons (Fsp3) is 0.917. The standard InChI is InChI=1S/C12H21NO2/c1-15-12(14)7-11(9-4-5-9)10-3-2-6-13-8-10/h9-11,13H,2-8H2,1H3. The summed E-state index contributed by atoms with van der Waals surface area (Å²) in [6, 6.07) is 0. The topological polar surface area (TPSA) is 38.3 Å². The summed E-state index contributed by atoms with van der Waals surface area (Å²) < 4.78 is 4.79. The van der Waals surface area contributed by atoms with Gasteiger partial charge in [-0.05, 0) is 56.5 Å². The van der Waals surface area contributed by atoms with Gasteiger partial charge in [-0.25, -0.2) is 0 Å². The number of rotatable bonds is 4. The van der Waals surface area contributed by atoms with E-state index in [0.717, 1.165) is 19.0 Å². The number of ether oxygens (including phenoxy) is 1. The molecule has 1 aliphatic carbocycles. The molecule has 2 fully saturated rings. The molecule has 2 aliphatic rings. The van der Waals surface area contributed by atoms with Gasteiger partial charge in [0.25, 0.3) is 0 Å². The van der Waals surface area contributed by atoms with Gasteiger partial charge in [0.2, 0.25) is 0 Å². The zero-order valence-electron chi connectivity index (χ0n) is 9.50. The average Bonchev–Trinajstić information content (AvgIpc) is 3.10. The van der Waals surface area contributed by atoms with E-state index in [0.29, 0.717) is 18.3 Å². The predicted molar refractivity (Wildman–Crippen MR) is 58.4 cm³/mol. The van der Waals surface area contributed by atoms with Crippen LogP contribution in [0.2, 0.25) is 0 Å². The third-order valence-corrected chi connectivity index (χ3v) is 3.80. The molecule has 0 aromatic heterocycles. The number of piperidine rings is 1. The van der Waals surface area contributed by atoms with Crippen molar-refractivity contribution in [1.82, 2.24) is 5.32 Å². The molecule has 3 heteroatoms. The van der Waals surface area contributed by atoms with Crippen LogP contribution in [-0.2, 0) is 9.53 Å². The molecule has 0 aromatic rings. The molecule has 2 rings (SSSR count). The number of methoxy groups -OCH3 is 1. The van der Waals surface area contributed by atoms with Gasteiger partial charge < -0.3 is 10.1 Å². The van der Waals surface area contributed by atoms with E-state index in [-0.39, 0.29) is 5.97 Å². The SMILES string of the molecule is COC(=O)CC(C1CC1)C1CCCNC1. The van der Waals surface area contributed by atoms with Crippen LogP contribution in [0.15, 0.2) is 0 Å². The monoisotopic (exact) mass is 211 g/mol. The van der Waals surface area contributed by atoms with Gasteiger partial charge in [-0.2, -0.15) is 0 Å². The van der Waals surface area contributed by atoms with E-state index in [1.54, 1.807) is 0 Å². The van der Waals surface area contributed by atoms with Crippen molar-refractivity contribution in [3.05, 3.63) is 0 Å². The first-order valence-corrected chi connectivity index (χ1v) is 6.09. The number of carbonyl (C=O) groups excluding carboxylic acids is 1. The largest absolute Gasteiger partial charge is 0.469 e. The molecule has 0 radical (unpaired) electrons. The van der Waals surface area contributed by atoms with Crippen LogP contribution in [0.25, 0.3) is 0 Å². The molecule has 1 saturated heterocycles. The molecule has 3 nitrogen and oxygen atoms in total. The highest BCUT2D eigenvalue weighted by Gasteiger charge is 2.38. The van der Waals surface area contributed by atoms with Crippen molar-refractivity contribution in [1.29, 1.82) is 0 Å². The number of hydrogen-bond donors (Lipinski definition) is 1. The molecule has 1 saturated carbocycles. The highest BCUT2D eigenvalue weighted by molar-refractivity contribution is 5.69. The molecule has 2 unspecified atom stereocenters. The number of nitrogens with one attached hydrogen (secondary N) is 1. The summed E-state index contributed by atoms with van der Waals surface area (Å²) >= 11 is 0. The minimum Gasteiger partial charge on any atom is -0.469 e. The molecule has 1 heterocycles. The highest BCUT2D eigenvalue weighted by atomic mass is 16.5. The second-order valence-corrected chi connectivity index (χ2v) is 4.89. The van der Waals surface area contributed by atoms with Crippen LogP contribution in [0.1, 0.15) is 32.1 Å². The lowest BCUT2D eigenvalue weighted by Gasteiger charge is -2.30. The fourth-order valence-electron chi connectivity index (χ4n) is 2.76. The Labute approximate surface area is 91.6 Å². The minimum atomic E-state index is -0.0301. The van der Waals surface area contributed by atoms with Crippen molar-refractivity contribution in [2.45, 2.75) is 32.1 Å². The second-order valence-electron chi connectivity index (χ2n) is 4.89. The number of carbonyl (C=O) groups is 1. The van der Waals surface area contributed by atoms with E-state index in [4.69, 9.17) is 4.74 Å². The maximum atomic E-state index is 11.4. The molecular formula is C12H21NO2. The first-order valence-electron chi connectivity index (χ1n) is 6.09. The van der Waals surface area contributed by atoms with Gasteiger partial charge >= 0.3 is 5.97 Å². The maximum absolute atomic E-state index is 11.4. The normalized spacial score (nSPS) is 28.5. The Hall–Kier alpha value is -0.570. The van der Waals surface area contributed by atoms with Crippen molar-refractivity contribution in [3.8, 4) is 0 Å². The van der Waals surface area contributed by atoms with Gasteiger partial charge in [-0.3, -0.25) is 4.79 Å². The van der Waals surface area contributed by atoms with Gasteiger partial charge in [-0.15, -0.1) is 0 Å². The van der Waals surface area contributed by atoms with E-state index < -0.39 is 0 Å². The quantitative estimate of drug-likeness (QED) is 0.717. The molecule has 15 heavy (non-hydrogen) atoms. The van der Waals surface area contributed by atoms with E-state index in [1.807, 2.05) is 0 Å². The molecule has 0 spiro atoms. The minimum absolute atomic E-state index is 0.0301. The van der Waals surface area contributed by atoms with E-state index in [2.05, 4.69) is 5.32 Å². The van der Waals surface area contributed by atoms with Crippen LogP contribution >= 0.6 is 0 Å². The van der Waals surface area contributed by atoms with Crippen LogP contribution in [-0.4, -0.2) is 26.2 Å². The summed E-state index contributed by atoms with van der Waals surface area (Å²) in [6.45, 7) is 2.24. The summed E-state index contributed by atoms with van der Waals surface area (Å²) in [5, 5.41) is 3.44. The summed E-state index contributed by atoms with van der Waals surface area (Å²) in [5.74, 6) is 2.04. The Kier molecular flexibility index (Phi) is 3.62. The van der Waals surface area contributed by atoms with Crippen LogP contribution in [0, 0.1) is 17.8 Å². The lowest BCUT2D eigenvalue weighted by atomic mass is 9.81. The maximum Gasteiger partial charge on any atom is 0.305 e. The average molecular weight is 211 g/mol. The van der Waals surface area contributed by atoms with Crippen LogP contribution in [0.3, 0.4) is 0 Å². The summed E-state index contributed by atoms with van der Waals surface area (Å²) in [7, 11) is 1.49. The molecule has 1 N–H and O–H groups in total. The van der Waals surface area contributed by atoms with Crippen molar-refractivity contribution in [2.24, 2.45) is 17.8 Å².